The van der Waals surface area contributed by atoms with Crippen LogP contribution in [0, 0.1) is 15.5 Å². The van der Waals surface area contributed by atoms with Crippen molar-refractivity contribution in [2.45, 2.75) is 6.10 Å². The van der Waals surface area contributed by atoms with Crippen molar-refractivity contribution in [2.24, 2.45) is 0 Å². The Kier molecular flexibility index (Phi) is 4.46. The number of nitrogens with one attached hydrogen (secondary N) is 1. The van der Waals surface area contributed by atoms with Crippen LogP contribution in [0.25, 0.3) is 0 Å². The number of thioether (sulfide) groups is 1. The van der Waals surface area contributed by atoms with E-state index >= 15 is 0 Å². The average Bonchev–Trinajstić information content (AvgIpc) is 2.83. The molecular formula is C12H15N3O4S. The van der Waals surface area contributed by atoms with Gasteiger partial charge in [0, 0.05) is 24.9 Å². The summed E-state index contributed by atoms with van der Waals surface area (Å²) < 4.78 is 4.92. The standard InChI is InChI=1S/C12H15N3O4S/c1-19-11-3-2-8(6-9(11)15(17)18)10(16)7-14-4-5-20-12(14)13/h2-3,6,10,13,16H,4-5,7H2,1H3. The molecule has 1 saturated heterocycles. The molecule has 8 heteroatoms. The molecule has 2 N–H and O–H groups in total. The topological polar surface area (TPSA) is 99.7 Å². The molecule has 0 spiro atoms. The molecule has 1 heterocycles. The summed E-state index contributed by atoms with van der Waals surface area (Å²) in [7, 11) is 1.36. The summed E-state index contributed by atoms with van der Waals surface area (Å²) in [5, 5.41) is 29.2. The van der Waals surface area contributed by atoms with E-state index in [0.29, 0.717) is 17.3 Å². The van der Waals surface area contributed by atoms with Gasteiger partial charge in [-0.05, 0) is 11.6 Å². The lowest BCUT2D eigenvalue weighted by Gasteiger charge is -2.21. The maximum Gasteiger partial charge on any atom is 0.311 e. The second kappa shape index (κ2) is 6.10. The quantitative estimate of drug-likeness (QED) is 0.633. The van der Waals surface area contributed by atoms with E-state index in [1.807, 2.05) is 0 Å². The molecule has 1 unspecified atom stereocenters. The van der Waals surface area contributed by atoms with Crippen molar-refractivity contribution in [1.82, 2.24) is 4.90 Å². The number of aliphatic hydroxyl groups excluding tert-OH is 1. The van der Waals surface area contributed by atoms with Crippen LogP contribution in [0.3, 0.4) is 0 Å². The minimum atomic E-state index is -0.876. The zero-order chi connectivity index (χ0) is 14.7. The molecule has 0 amide bonds. The van der Waals surface area contributed by atoms with Crippen LogP contribution in [-0.2, 0) is 0 Å². The Balaban J connectivity index is 2.17. The Labute approximate surface area is 120 Å². The zero-order valence-electron chi connectivity index (χ0n) is 10.9. The molecule has 1 aromatic rings. The van der Waals surface area contributed by atoms with Gasteiger partial charge in [0.2, 0.25) is 0 Å². The van der Waals surface area contributed by atoms with Gasteiger partial charge in [0.05, 0.1) is 18.1 Å². The smallest absolute Gasteiger partial charge is 0.311 e. The van der Waals surface area contributed by atoms with E-state index in [0.717, 1.165) is 5.75 Å². The molecule has 2 rings (SSSR count). The number of amidine groups is 1. The number of rotatable bonds is 5. The van der Waals surface area contributed by atoms with Gasteiger partial charge in [-0.3, -0.25) is 15.5 Å². The van der Waals surface area contributed by atoms with Crippen molar-refractivity contribution in [3.05, 3.63) is 33.9 Å². The van der Waals surface area contributed by atoms with Crippen LogP contribution < -0.4 is 4.74 Å². The third-order valence-electron chi connectivity index (χ3n) is 3.06. The number of nitro benzene ring substituents is 1. The summed E-state index contributed by atoms with van der Waals surface area (Å²) in [6.45, 7) is 0.966. The molecule has 1 aliphatic rings. The third-order valence-corrected chi connectivity index (χ3v) is 3.98. The first-order valence-electron chi connectivity index (χ1n) is 5.99. The van der Waals surface area contributed by atoms with Crippen LogP contribution in [0.5, 0.6) is 5.75 Å². The molecule has 108 valence electrons. The van der Waals surface area contributed by atoms with Gasteiger partial charge in [-0.15, -0.1) is 0 Å². The Morgan fingerprint density at radius 3 is 2.95 bits per heavy atom. The molecule has 7 nitrogen and oxygen atoms in total. The Hall–Kier alpha value is -1.80. The SMILES string of the molecule is COc1ccc(C(O)CN2CCSC2=N)cc1[N+](=O)[O-]. The van der Waals surface area contributed by atoms with Gasteiger partial charge in [-0.1, -0.05) is 17.8 Å². The lowest BCUT2D eigenvalue weighted by molar-refractivity contribution is -0.385. The van der Waals surface area contributed by atoms with Crippen molar-refractivity contribution < 1.29 is 14.8 Å². The summed E-state index contributed by atoms with van der Waals surface area (Å²) in [6.07, 6.45) is -0.876. The second-order valence-corrected chi connectivity index (χ2v) is 5.39. The largest absolute Gasteiger partial charge is 0.490 e. The second-order valence-electron chi connectivity index (χ2n) is 4.30. The van der Waals surface area contributed by atoms with Crippen molar-refractivity contribution in [3.8, 4) is 5.75 Å². The van der Waals surface area contributed by atoms with Crippen LogP contribution in [0.1, 0.15) is 11.7 Å². The van der Waals surface area contributed by atoms with E-state index in [4.69, 9.17) is 10.1 Å². The number of ether oxygens (including phenoxy) is 1. The summed E-state index contributed by atoms with van der Waals surface area (Å²) in [5.41, 5.74) is 0.275. The van der Waals surface area contributed by atoms with Gasteiger partial charge in [-0.2, -0.15) is 0 Å². The first kappa shape index (κ1) is 14.6. The lowest BCUT2D eigenvalue weighted by atomic mass is 10.1. The highest BCUT2D eigenvalue weighted by Gasteiger charge is 2.23. The molecule has 1 aliphatic heterocycles. The fourth-order valence-electron chi connectivity index (χ4n) is 1.99. The van der Waals surface area contributed by atoms with Crippen molar-refractivity contribution >= 4 is 22.6 Å². The average molecular weight is 297 g/mol. The number of hydrogen-bond donors (Lipinski definition) is 2. The summed E-state index contributed by atoms with van der Waals surface area (Å²) >= 11 is 1.43. The van der Waals surface area contributed by atoms with Gasteiger partial charge in [-0.25, -0.2) is 0 Å². The van der Waals surface area contributed by atoms with Crippen LogP contribution in [-0.4, -0.2) is 46.0 Å². The van der Waals surface area contributed by atoms with Crippen LogP contribution in [0.2, 0.25) is 0 Å². The Morgan fingerprint density at radius 1 is 1.65 bits per heavy atom. The fraction of sp³-hybridized carbons (Fsp3) is 0.417. The number of methoxy groups -OCH3 is 1. The van der Waals surface area contributed by atoms with Crippen LogP contribution in [0.4, 0.5) is 5.69 Å². The van der Waals surface area contributed by atoms with E-state index < -0.39 is 11.0 Å². The molecule has 0 radical (unpaired) electrons. The first-order chi connectivity index (χ1) is 9.52. The molecule has 1 aromatic carbocycles. The predicted molar refractivity (Wildman–Crippen MR) is 76.4 cm³/mol. The minimum absolute atomic E-state index is 0.162. The van der Waals surface area contributed by atoms with E-state index in [-0.39, 0.29) is 18.0 Å². The normalized spacial score (nSPS) is 16.3. The summed E-state index contributed by atoms with van der Waals surface area (Å²) in [5.74, 6) is 0.990. The highest BCUT2D eigenvalue weighted by atomic mass is 32.2. The zero-order valence-corrected chi connectivity index (χ0v) is 11.7. The van der Waals surface area contributed by atoms with Crippen molar-refractivity contribution in [1.29, 1.82) is 5.41 Å². The molecule has 1 fully saturated rings. The maximum atomic E-state index is 10.9. The van der Waals surface area contributed by atoms with Crippen molar-refractivity contribution in [2.75, 3.05) is 26.0 Å². The molecule has 0 aliphatic carbocycles. The third kappa shape index (κ3) is 3.02. The molecule has 0 saturated carbocycles. The van der Waals surface area contributed by atoms with Gasteiger partial charge in [0.1, 0.15) is 0 Å². The number of hydrogen-bond acceptors (Lipinski definition) is 6. The van der Waals surface area contributed by atoms with Crippen LogP contribution in [0.15, 0.2) is 18.2 Å². The van der Waals surface area contributed by atoms with Crippen LogP contribution >= 0.6 is 11.8 Å². The molecule has 0 aromatic heterocycles. The monoisotopic (exact) mass is 297 g/mol. The highest BCUT2D eigenvalue weighted by Crippen LogP contribution is 2.30. The number of benzene rings is 1. The van der Waals surface area contributed by atoms with E-state index in [1.165, 1.54) is 31.0 Å². The fourth-order valence-corrected chi connectivity index (χ4v) is 2.84. The summed E-state index contributed by atoms with van der Waals surface area (Å²) in [6, 6.07) is 4.39. The van der Waals surface area contributed by atoms with Gasteiger partial charge < -0.3 is 14.7 Å². The Morgan fingerprint density at radius 2 is 2.40 bits per heavy atom. The molecular weight excluding hydrogens is 282 g/mol. The predicted octanol–water partition coefficient (Wildman–Crippen LogP) is 1.62. The lowest BCUT2D eigenvalue weighted by Crippen LogP contribution is -2.29. The van der Waals surface area contributed by atoms with Crippen molar-refractivity contribution in [3.63, 3.8) is 0 Å². The first-order valence-corrected chi connectivity index (χ1v) is 6.98. The van der Waals surface area contributed by atoms with Gasteiger partial charge >= 0.3 is 5.69 Å². The van der Waals surface area contributed by atoms with Gasteiger partial charge in [0.15, 0.2) is 10.9 Å². The molecule has 0 bridgehead atoms. The Bertz CT molecular complexity index is 537. The van der Waals surface area contributed by atoms with E-state index in [1.54, 1.807) is 11.0 Å². The highest BCUT2D eigenvalue weighted by molar-refractivity contribution is 8.14. The summed E-state index contributed by atoms with van der Waals surface area (Å²) in [4.78, 5) is 12.2. The minimum Gasteiger partial charge on any atom is -0.490 e. The molecule has 20 heavy (non-hydrogen) atoms. The molecule has 1 atom stereocenters. The number of β-amino-alcohol motifs (C(OH)–C–C–N with tert-alkyl or cyclic N) is 1. The van der Waals surface area contributed by atoms with Gasteiger partial charge in [0.25, 0.3) is 0 Å². The number of aliphatic hydroxyl groups is 1. The van der Waals surface area contributed by atoms with E-state index in [2.05, 4.69) is 0 Å². The number of nitrogens with zero attached hydrogens (tertiary/aromatic N) is 2. The number of nitro groups is 1. The van der Waals surface area contributed by atoms with E-state index in [9.17, 15) is 15.2 Å². The maximum absolute atomic E-state index is 10.9.